The third kappa shape index (κ3) is 2.31. The summed E-state index contributed by atoms with van der Waals surface area (Å²) in [5.41, 5.74) is 5.26. The van der Waals surface area contributed by atoms with Crippen molar-refractivity contribution in [2.24, 2.45) is 0 Å². The quantitative estimate of drug-likeness (QED) is 0.380. The fourth-order valence-electron chi connectivity index (χ4n) is 3.64. The molecule has 6 heteroatoms. The number of nitrogens with zero attached hydrogens (tertiary/aromatic N) is 4. The van der Waals surface area contributed by atoms with Gasteiger partial charge in [-0.25, -0.2) is 9.97 Å². The molecule has 2 aromatic carbocycles. The Labute approximate surface area is 159 Å². The molecular formula is C22H15N5O. The minimum Gasteiger partial charge on any atom is -0.349 e. The van der Waals surface area contributed by atoms with Crippen LogP contribution in [0, 0.1) is 0 Å². The minimum atomic E-state index is -0.0551. The SMILES string of the molecule is O=C(NC1CC1)c1ccc2nc3c4cccnc4c4ncccc4c3nc2c1. The molecule has 28 heavy (non-hydrogen) atoms. The Morgan fingerprint density at radius 3 is 2.11 bits per heavy atom. The average Bonchev–Trinajstić information content (AvgIpc) is 3.56. The molecule has 3 aromatic heterocycles. The molecule has 3 heterocycles. The summed E-state index contributed by atoms with van der Waals surface area (Å²) in [7, 11) is 0. The predicted octanol–water partition coefficient (Wildman–Crippen LogP) is 3.77. The van der Waals surface area contributed by atoms with Crippen LogP contribution in [0.2, 0.25) is 0 Å². The summed E-state index contributed by atoms with van der Waals surface area (Å²) in [6.45, 7) is 0. The highest BCUT2D eigenvalue weighted by Crippen LogP contribution is 2.31. The molecule has 6 nitrogen and oxygen atoms in total. The highest BCUT2D eigenvalue weighted by Gasteiger charge is 2.24. The lowest BCUT2D eigenvalue weighted by atomic mass is 10.1. The molecule has 6 rings (SSSR count). The van der Waals surface area contributed by atoms with Crippen molar-refractivity contribution in [2.75, 3.05) is 0 Å². The second kappa shape index (κ2) is 5.66. The van der Waals surface area contributed by atoms with Gasteiger partial charge in [0.1, 0.15) is 0 Å². The zero-order chi connectivity index (χ0) is 18.7. The molecule has 1 aliphatic carbocycles. The van der Waals surface area contributed by atoms with E-state index in [4.69, 9.17) is 9.97 Å². The van der Waals surface area contributed by atoms with Crippen LogP contribution < -0.4 is 5.32 Å². The van der Waals surface area contributed by atoms with E-state index >= 15 is 0 Å². The second-order valence-corrected chi connectivity index (χ2v) is 7.17. The van der Waals surface area contributed by atoms with Crippen molar-refractivity contribution < 1.29 is 4.79 Å². The first-order valence-corrected chi connectivity index (χ1v) is 9.32. The fourth-order valence-corrected chi connectivity index (χ4v) is 3.64. The third-order valence-corrected chi connectivity index (χ3v) is 5.19. The van der Waals surface area contributed by atoms with Crippen LogP contribution in [0.25, 0.3) is 43.9 Å². The van der Waals surface area contributed by atoms with Gasteiger partial charge in [-0.15, -0.1) is 0 Å². The molecule has 1 N–H and O–H groups in total. The maximum atomic E-state index is 12.4. The molecule has 0 atom stereocenters. The molecule has 0 aliphatic heterocycles. The number of hydrogen-bond acceptors (Lipinski definition) is 5. The Bertz CT molecular complexity index is 1420. The number of hydrogen-bond donors (Lipinski definition) is 1. The van der Waals surface area contributed by atoms with E-state index < -0.39 is 0 Å². The van der Waals surface area contributed by atoms with Crippen LogP contribution >= 0.6 is 0 Å². The molecule has 1 aliphatic rings. The van der Waals surface area contributed by atoms with E-state index in [1.807, 2.05) is 42.5 Å². The number of aromatic nitrogens is 4. The summed E-state index contributed by atoms with van der Waals surface area (Å²) in [6.07, 6.45) is 5.65. The van der Waals surface area contributed by atoms with Gasteiger partial charge in [-0.1, -0.05) is 0 Å². The van der Waals surface area contributed by atoms with Gasteiger partial charge < -0.3 is 5.32 Å². The Morgan fingerprint density at radius 2 is 1.46 bits per heavy atom. The number of rotatable bonds is 2. The number of carbonyl (C=O) groups is 1. The summed E-state index contributed by atoms with van der Waals surface area (Å²) >= 11 is 0. The molecule has 0 saturated heterocycles. The van der Waals surface area contributed by atoms with Crippen LogP contribution in [0.3, 0.4) is 0 Å². The molecule has 0 spiro atoms. The van der Waals surface area contributed by atoms with E-state index in [2.05, 4.69) is 15.3 Å². The third-order valence-electron chi connectivity index (χ3n) is 5.19. The normalized spacial score (nSPS) is 14.1. The van der Waals surface area contributed by atoms with Crippen molar-refractivity contribution >= 4 is 49.8 Å². The van der Waals surface area contributed by atoms with Crippen molar-refractivity contribution in [1.82, 2.24) is 25.3 Å². The number of benzene rings is 2. The van der Waals surface area contributed by atoms with Gasteiger partial charge in [-0.05, 0) is 55.3 Å². The van der Waals surface area contributed by atoms with Crippen molar-refractivity contribution in [3.05, 3.63) is 60.4 Å². The monoisotopic (exact) mass is 365 g/mol. The van der Waals surface area contributed by atoms with Gasteiger partial charge in [0.25, 0.3) is 5.91 Å². The maximum Gasteiger partial charge on any atom is 0.251 e. The molecule has 0 unspecified atom stereocenters. The molecule has 134 valence electrons. The first-order chi connectivity index (χ1) is 13.8. The second-order valence-electron chi connectivity index (χ2n) is 7.17. The molecule has 5 aromatic rings. The van der Waals surface area contributed by atoms with Crippen molar-refractivity contribution in [3.63, 3.8) is 0 Å². The van der Waals surface area contributed by atoms with Gasteiger partial charge in [0.15, 0.2) is 0 Å². The van der Waals surface area contributed by atoms with Crippen molar-refractivity contribution in [2.45, 2.75) is 18.9 Å². The van der Waals surface area contributed by atoms with E-state index in [0.717, 1.165) is 51.2 Å². The van der Waals surface area contributed by atoms with Crippen LogP contribution in [0.1, 0.15) is 23.2 Å². The summed E-state index contributed by atoms with van der Waals surface area (Å²) < 4.78 is 0. The molecular weight excluding hydrogens is 350 g/mol. The molecule has 0 bridgehead atoms. The van der Waals surface area contributed by atoms with E-state index in [9.17, 15) is 4.79 Å². The molecule has 0 radical (unpaired) electrons. The zero-order valence-electron chi connectivity index (χ0n) is 14.9. The first kappa shape index (κ1) is 15.4. The minimum absolute atomic E-state index is 0.0551. The number of amides is 1. The van der Waals surface area contributed by atoms with Crippen LogP contribution in [0.15, 0.2) is 54.9 Å². The standard InChI is InChI=1S/C22H15N5O/c28-22(25-13-6-7-13)12-5-8-16-17(11-12)27-21-15-4-2-10-24-19(15)18-14(20(21)26-16)3-1-9-23-18/h1-5,8-11,13H,6-7H2,(H,25,28). The van der Waals surface area contributed by atoms with Crippen molar-refractivity contribution in [1.29, 1.82) is 0 Å². The predicted molar refractivity (Wildman–Crippen MR) is 108 cm³/mol. The largest absolute Gasteiger partial charge is 0.349 e. The lowest BCUT2D eigenvalue weighted by Gasteiger charge is -2.09. The van der Waals surface area contributed by atoms with Gasteiger partial charge in [0, 0.05) is 34.8 Å². The lowest BCUT2D eigenvalue weighted by molar-refractivity contribution is 0.0951. The number of fused-ring (bicyclic) bond motifs is 7. The first-order valence-electron chi connectivity index (χ1n) is 9.32. The summed E-state index contributed by atoms with van der Waals surface area (Å²) in [4.78, 5) is 31.2. The van der Waals surface area contributed by atoms with Crippen LogP contribution in [-0.4, -0.2) is 31.9 Å². The van der Waals surface area contributed by atoms with Crippen LogP contribution in [-0.2, 0) is 0 Å². The molecule has 1 fully saturated rings. The van der Waals surface area contributed by atoms with Gasteiger partial charge in [-0.3, -0.25) is 14.8 Å². The topological polar surface area (TPSA) is 80.7 Å². The Hall–Kier alpha value is -3.67. The van der Waals surface area contributed by atoms with E-state index in [-0.39, 0.29) is 5.91 Å². The Balaban J connectivity index is 1.67. The highest BCUT2D eigenvalue weighted by atomic mass is 16.1. The van der Waals surface area contributed by atoms with Crippen LogP contribution in [0.4, 0.5) is 0 Å². The molecule has 1 amide bonds. The smallest absolute Gasteiger partial charge is 0.251 e. The summed E-state index contributed by atoms with van der Waals surface area (Å²) in [5, 5.41) is 4.85. The van der Waals surface area contributed by atoms with E-state index in [0.29, 0.717) is 17.1 Å². The van der Waals surface area contributed by atoms with E-state index in [1.165, 1.54) is 0 Å². The van der Waals surface area contributed by atoms with Gasteiger partial charge >= 0.3 is 0 Å². The zero-order valence-corrected chi connectivity index (χ0v) is 14.9. The van der Waals surface area contributed by atoms with Crippen LogP contribution in [0.5, 0.6) is 0 Å². The maximum absolute atomic E-state index is 12.4. The number of carbonyl (C=O) groups excluding carboxylic acids is 1. The lowest BCUT2D eigenvalue weighted by Crippen LogP contribution is -2.25. The van der Waals surface area contributed by atoms with E-state index in [1.54, 1.807) is 12.4 Å². The molecule has 1 saturated carbocycles. The fraction of sp³-hybridized carbons (Fsp3) is 0.136. The highest BCUT2D eigenvalue weighted by molar-refractivity contribution is 6.21. The Kier molecular flexibility index (Phi) is 3.11. The average molecular weight is 365 g/mol. The summed E-state index contributed by atoms with van der Waals surface area (Å²) in [5.74, 6) is -0.0551. The summed E-state index contributed by atoms with van der Waals surface area (Å²) in [6, 6.07) is 13.6. The number of nitrogens with one attached hydrogen (secondary N) is 1. The van der Waals surface area contributed by atoms with Gasteiger partial charge in [0.05, 0.1) is 33.1 Å². The van der Waals surface area contributed by atoms with Crippen molar-refractivity contribution in [3.8, 4) is 0 Å². The van der Waals surface area contributed by atoms with Gasteiger partial charge in [-0.2, -0.15) is 0 Å². The number of pyridine rings is 2. The Morgan fingerprint density at radius 1 is 0.821 bits per heavy atom. The van der Waals surface area contributed by atoms with Gasteiger partial charge in [0.2, 0.25) is 0 Å².